The van der Waals surface area contributed by atoms with E-state index in [9.17, 15) is 4.79 Å². The van der Waals surface area contributed by atoms with E-state index in [1.807, 2.05) is 10.7 Å². The van der Waals surface area contributed by atoms with Gasteiger partial charge in [0.25, 0.3) is 0 Å². The summed E-state index contributed by atoms with van der Waals surface area (Å²) in [4.78, 5) is 16.2. The molecule has 2 aromatic rings. The van der Waals surface area contributed by atoms with Gasteiger partial charge in [0.2, 0.25) is 5.91 Å². The highest BCUT2D eigenvalue weighted by atomic mass is 32.2. The molecule has 0 radical (unpaired) electrons. The monoisotopic (exact) mass is 400 g/mol. The van der Waals surface area contributed by atoms with Gasteiger partial charge in [-0.1, -0.05) is 12.1 Å². The van der Waals surface area contributed by atoms with E-state index in [1.165, 1.54) is 10.5 Å². The maximum absolute atomic E-state index is 12.4. The normalized spacial score (nSPS) is 21.1. The Morgan fingerprint density at radius 2 is 2.00 bits per heavy atom. The summed E-state index contributed by atoms with van der Waals surface area (Å²) in [5, 5.41) is 7.56. The number of carbonyl (C=O) groups excluding carboxylic acids is 1. The molecule has 150 valence electrons. The van der Waals surface area contributed by atoms with Crippen LogP contribution in [0.1, 0.15) is 30.9 Å². The highest BCUT2D eigenvalue weighted by Crippen LogP contribution is 2.27. The lowest BCUT2D eigenvalue weighted by Crippen LogP contribution is -2.35. The zero-order valence-electron chi connectivity index (χ0n) is 16.3. The predicted molar refractivity (Wildman–Crippen MR) is 112 cm³/mol. The van der Waals surface area contributed by atoms with Crippen LogP contribution in [0.15, 0.2) is 41.4 Å². The van der Waals surface area contributed by atoms with Crippen molar-refractivity contribution in [2.75, 3.05) is 37.9 Å². The number of carbonyl (C=O) groups is 1. The van der Waals surface area contributed by atoms with Crippen LogP contribution in [-0.4, -0.2) is 53.1 Å². The quantitative estimate of drug-likeness (QED) is 0.753. The topological polar surface area (TPSA) is 59.4 Å². The number of benzene rings is 1. The van der Waals surface area contributed by atoms with Crippen molar-refractivity contribution in [1.29, 1.82) is 0 Å². The lowest BCUT2D eigenvalue weighted by atomic mass is 10.0. The first kappa shape index (κ1) is 19.5. The standard InChI is InChI=1S/C21H28N4O2S/c1-28-19-4-2-16(3-5-19)14-24-11-7-18(8-12-24)25-20(6-10-22-25)23-21(26)17-9-13-27-15-17/h2-6,10,17-18H,7-9,11-15H2,1H3,(H,23,26)/t17-/m1/s1. The summed E-state index contributed by atoms with van der Waals surface area (Å²) < 4.78 is 7.33. The van der Waals surface area contributed by atoms with E-state index in [2.05, 4.69) is 45.8 Å². The molecule has 1 atom stereocenters. The van der Waals surface area contributed by atoms with Crippen LogP contribution < -0.4 is 5.32 Å². The van der Waals surface area contributed by atoms with Crippen molar-refractivity contribution in [2.45, 2.75) is 36.7 Å². The van der Waals surface area contributed by atoms with Crippen LogP contribution in [0, 0.1) is 5.92 Å². The van der Waals surface area contributed by atoms with Gasteiger partial charge in [-0.05, 0) is 43.2 Å². The summed E-state index contributed by atoms with van der Waals surface area (Å²) in [7, 11) is 0. The molecule has 1 aromatic carbocycles. The van der Waals surface area contributed by atoms with Crippen LogP contribution in [0.3, 0.4) is 0 Å². The minimum absolute atomic E-state index is 0.0392. The average Bonchev–Trinajstić information content (AvgIpc) is 3.41. The smallest absolute Gasteiger partial charge is 0.231 e. The second-order valence-electron chi connectivity index (χ2n) is 7.57. The lowest BCUT2D eigenvalue weighted by molar-refractivity contribution is -0.119. The molecule has 6 nitrogen and oxygen atoms in total. The zero-order valence-corrected chi connectivity index (χ0v) is 17.2. The molecule has 0 unspecified atom stereocenters. The number of anilines is 1. The largest absolute Gasteiger partial charge is 0.381 e. The Labute approximate surface area is 170 Å². The van der Waals surface area contributed by atoms with Gasteiger partial charge in [-0.15, -0.1) is 11.8 Å². The summed E-state index contributed by atoms with van der Waals surface area (Å²) in [6, 6.07) is 11.1. The van der Waals surface area contributed by atoms with Crippen molar-refractivity contribution in [3.63, 3.8) is 0 Å². The highest BCUT2D eigenvalue weighted by Gasteiger charge is 2.26. The minimum atomic E-state index is -0.0392. The first-order chi connectivity index (χ1) is 13.7. The van der Waals surface area contributed by atoms with Crippen LogP contribution in [-0.2, 0) is 16.1 Å². The predicted octanol–water partition coefficient (Wildman–Crippen LogP) is 3.42. The Kier molecular flexibility index (Phi) is 6.34. The molecule has 2 aliphatic heterocycles. The number of thioether (sulfide) groups is 1. The van der Waals surface area contributed by atoms with Gasteiger partial charge < -0.3 is 10.1 Å². The summed E-state index contributed by atoms with van der Waals surface area (Å²) in [6.07, 6.45) is 6.77. The molecule has 2 fully saturated rings. The van der Waals surface area contributed by atoms with Gasteiger partial charge in [-0.3, -0.25) is 9.69 Å². The number of likely N-dealkylation sites (tertiary alicyclic amines) is 1. The van der Waals surface area contributed by atoms with Gasteiger partial charge in [-0.25, -0.2) is 4.68 Å². The van der Waals surface area contributed by atoms with Gasteiger partial charge in [0.1, 0.15) is 5.82 Å². The van der Waals surface area contributed by atoms with Crippen LogP contribution in [0.2, 0.25) is 0 Å². The second-order valence-corrected chi connectivity index (χ2v) is 8.45. The van der Waals surface area contributed by atoms with E-state index < -0.39 is 0 Å². The van der Waals surface area contributed by atoms with Gasteiger partial charge in [-0.2, -0.15) is 5.10 Å². The molecule has 0 spiro atoms. The third-order valence-corrected chi connectivity index (χ3v) is 6.43. The third kappa shape index (κ3) is 4.59. The Hall–Kier alpha value is -1.83. The number of nitrogens with zero attached hydrogens (tertiary/aromatic N) is 3. The average molecular weight is 401 g/mol. The molecule has 1 aromatic heterocycles. The number of rotatable bonds is 6. The fraction of sp³-hybridized carbons (Fsp3) is 0.524. The second kappa shape index (κ2) is 9.11. The number of aromatic nitrogens is 2. The van der Waals surface area contributed by atoms with Gasteiger partial charge in [0.05, 0.1) is 24.8 Å². The molecule has 1 N–H and O–H groups in total. The number of hydrogen-bond donors (Lipinski definition) is 1. The van der Waals surface area contributed by atoms with E-state index in [0.717, 1.165) is 44.7 Å². The number of hydrogen-bond acceptors (Lipinski definition) is 5. The maximum atomic E-state index is 12.4. The SMILES string of the molecule is CSc1ccc(CN2CCC(n3nccc3NC(=O)[C@@H]3CCOC3)CC2)cc1. The first-order valence-corrected chi connectivity index (χ1v) is 11.2. The maximum Gasteiger partial charge on any atom is 0.231 e. The Balaban J connectivity index is 1.31. The third-order valence-electron chi connectivity index (χ3n) is 5.69. The van der Waals surface area contributed by atoms with Crippen LogP contribution >= 0.6 is 11.8 Å². The number of piperidine rings is 1. The molecule has 28 heavy (non-hydrogen) atoms. The van der Waals surface area contributed by atoms with Crippen molar-refractivity contribution in [2.24, 2.45) is 5.92 Å². The number of amides is 1. The molecule has 2 saturated heterocycles. The molecule has 3 heterocycles. The molecule has 7 heteroatoms. The number of ether oxygens (including phenoxy) is 1. The van der Waals surface area contributed by atoms with Crippen molar-refractivity contribution in [1.82, 2.24) is 14.7 Å². The Morgan fingerprint density at radius 1 is 1.21 bits per heavy atom. The molecular formula is C21H28N4O2S. The van der Waals surface area contributed by atoms with Crippen LogP contribution in [0.5, 0.6) is 0 Å². The fourth-order valence-electron chi connectivity index (χ4n) is 3.98. The van der Waals surface area contributed by atoms with Crippen molar-refractivity contribution in [3.05, 3.63) is 42.1 Å². The van der Waals surface area contributed by atoms with E-state index in [1.54, 1.807) is 18.0 Å². The van der Waals surface area contributed by atoms with Crippen molar-refractivity contribution >= 4 is 23.5 Å². The fourth-order valence-corrected chi connectivity index (χ4v) is 4.39. The summed E-state index contributed by atoms with van der Waals surface area (Å²) >= 11 is 1.78. The van der Waals surface area contributed by atoms with Crippen LogP contribution in [0.4, 0.5) is 5.82 Å². The lowest BCUT2D eigenvalue weighted by Gasteiger charge is -2.32. The summed E-state index contributed by atoms with van der Waals surface area (Å²) in [5.41, 5.74) is 1.36. The van der Waals surface area contributed by atoms with Crippen LogP contribution in [0.25, 0.3) is 0 Å². The summed E-state index contributed by atoms with van der Waals surface area (Å²) in [5.74, 6) is 0.816. The molecule has 0 saturated carbocycles. The molecule has 2 aliphatic rings. The summed E-state index contributed by atoms with van der Waals surface area (Å²) in [6.45, 7) is 4.27. The van der Waals surface area contributed by atoms with Crippen molar-refractivity contribution < 1.29 is 9.53 Å². The van der Waals surface area contributed by atoms with E-state index >= 15 is 0 Å². The highest BCUT2D eigenvalue weighted by molar-refractivity contribution is 7.98. The van der Waals surface area contributed by atoms with Crippen molar-refractivity contribution in [3.8, 4) is 0 Å². The zero-order chi connectivity index (χ0) is 19.3. The number of nitrogens with one attached hydrogen (secondary N) is 1. The molecule has 1 amide bonds. The van der Waals surface area contributed by atoms with E-state index in [-0.39, 0.29) is 11.8 Å². The molecular weight excluding hydrogens is 372 g/mol. The molecule has 0 bridgehead atoms. The van der Waals surface area contributed by atoms with E-state index in [0.29, 0.717) is 19.3 Å². The first-order valence-electron chi connectivity index (χ1n) is 10.0. The minimum Gasteiger partial charge on any atom is -0.381 e. The van der Waals surface area contributed by atoms with E-state index in [4.69, 9.17) is 4.74 Å². The Morgan fingerprint density at radius 3 is 2.68 bits per heavy atom. The molecule has 0 aliphatic carbocycles. The van der Waals surface area contributed by atoms with Gasteiger partial charge >= 0.3 is 0 Å². The van der Waals surface area contributed by atoms with Gasteiger partial charge in [0.15, 0.2) is 0 Å². The van der Waals surface area contributed by atoms with Gasteiger partial charge in [0, 0.05) is 37.2 Å². The molecule has 4 rings (SSSR count). The Bertz CT molecular complexity index is 778.